The molecule has 2 N–H and O–H groups in total. The lowest BCUT2D eigenvalue weighted by atomic mass is 9.77. The van der Waals surface area contributed by atoms with Crippen molar-refractivity contribution in [1.29, 1.82) is 0 Å². The van der Waals surface area contributed by atoms with Gasteiger partial charge in [-0.25, -0.2) is 0 Å². The van der Waals surface area contributed by atoms with Crippen molar-refractivity contribution in [1.82, 2.24) is 10.6 Å². The number of ether oxygens (including phenoxy) is 1. The Bertz CT molecular complexity index is 407. The van der Waals surface area contributed by atoms with Crippen LogP contribution in [0.2, 0.25) is 0 Å². The van der Waals surface area contributed by atoms with Crippen LogP contribution in [-0.4, -0.2) is 39.3 Å². The molecule has 0 bridgehead atoms. The average Bonchev–Trinajstić information content (AvgIpc) is 2.36. The van der Waals surface area contributed by atoms with Crippen molar-refractivity contribution in [2.45, 2.75) is 12.3 Å². The Hall–Kier alpha value is -1.39. The molecule has 1 aromatic rings. The van der Waals surface area contributed by atoms with Crippen LogP contribution in [0, 0.1) is 0 Å². The highest BCUT2D eigenvalue weighted by Crippen LogP contribution is 2.33. The first-order chi connectivity index (χ1) is 8.81. The van der Waals surface area contributed by atoms with E-state index < -0.39 is 0 Å². The summed E-state index contributed by atoms with van der Waals surface area (Å²) < 4.78 is 4.89. The van der Waals surface area contributed by atoms with E-state index in [4.69, 9.17) is 4.74 Å². The quantitative estimate of drug-likeness (QED) is 0.698. The first-order valence-corrected chi connectivity index (χ1v) is 6.35. The third-order valence-corrected chi connectivity index (χ3v) is 3.28. The van der Waals surface area contributed by atoms with Crippen LogP contribution < -0.4 is 10.6 Å². The van der Waals surface area contributed by atoms with Crippen LogP contribution in [0.4, 0.5) is 0 Å². The van der Waals surface area contributed by atoms with E-state index in [9.17, 15) is 4.79 Å². The molecule has 1 aliphatic carbocycles. The summed E-state index contributed by atoms with van der Waals surface area (Å²) in [6.07, 6.45) is 1.08. The van der Waals surface area contributed by atoms with Crippen molar-refractivity contribution in [3.05, 3.63) is 35.4 Å². The van der Waals surface area contributed by atoms with Gasteiger partial charge in [-0.05, 0) is 17.5 Å². The predicted octanol–water partition coefficient (Wildman–Crippen LogP) is 0.679. The number of amides is 1. The zero-order chi connectivity index (χ0) is 12.8. The van der Waals surface area contributed by atoms with E-state index in [0.29, 0.717) is 25.6 Å². The molecule has 4 nitrogen and oxygen atoms in total. The lowest BCUT2D eigenvalue weighted by Gasteiger charge is -2.30. The largest absolute Gasteiger partial charge is 0.383 e. The molecule has 1 amide bonds. The highest BCUT2D eigenvalue weighted by Gasteiger charge is 2.25. The van der Waals surface area contributed by atoms with Crippen LogP contribution in [0.5, 0.6) is 0 Å². The summed E-state index contributed by atoms with van der Waals surface area (Å²) in [5, 5.41) is 5.99. The molecule has 1 unspecified atom stereocenters. The Kier molecular flexibility index (Phi) is 4.73. The van der Waals surface area contributed by atoms with E-state index in [1.165, 1.54) is 11.1 Å². The maximum absolute atomic E-state index is 11.5. The smallest absolute Gasteiger partial charge is 0.233 e. The van der Waals surface area contributed by atoms with Crippen molar-refractivity contribution in [3.63, 3.8) is 0 Å². The van der Waals surface area contributed by atoms with E-state index in [-0.39, 0.29) is 5.91 Å². The molecule has 2 rings (SSSR count). The fourth-order valence-electron chi connectivity index (χ4n) is 2.22. The van der Waals surface area contributed by atoms with E-state index >= 15 is 0 Å². The molecule has 1 aliphatic rings. The topological polar surface area (TPSA) is 50.4 Å². The normalized spacial score (nSPS) is 16.8. The summed E-state index contributed by atoms with van der Waals surface area (Å²) in [5.41, 5.74) is 2.79. The number of fused-ring (bicyclic) bond motifs is 1. The molecular weight excluding hydrogens is 228 g/mol. The van der Waals surface area contributed by atoms with Crippen molar-refractivity contribution < 1.29 is 9.53 Å². The molecule has 0 spiro atoms. The minimum atomic E-state index is 0.0514. The maximum Gasteiger partial charge on any atom is 0.233 e. The Morgan fingerprint density at radius 2 is 2.28 bits per heavy atom. The SMILES string of the molecule is COCCNCC(=O)NCC1Cc2ccccc21. The molecule has 0 heterocycles. The molecular formula is C14H20N2O2. The van der Waals surface area contributed by atoms with E-state index in [0.717, 1.165) is 13.0 Å². The molecule has 0 saturated carbocycles. The van der Waals surface area contributed by atoms with Crippen molar-refractivity contribution in [2.75, 3.05) is 33.4 Å². The Labute approximate surface area is 108 Å². The third-order valence-electron chi connectivity index (χ3n) is 3.28. The number of nitrogens with one attached hydrogen (secondary N) is 2. The van der Waals surface area contributed by atoms with Gasteiger partial charge in [0.25, 0.3) is 0 Å². The van der Waals surface area contributed by atoms with Crippen LogP contribution in [0.15, 0.2) is 24.3 Å². The van der Waals surface area contributed by atoms with Crippen LogP contribution in [0.3, 0.4) is 0 Å². The van der Waals surface area contributed by atoms with Crippen LogP contribution >= 0.6 is 0 Å². The average molecular weight is 248 g/mol. The Morgan fingerprint density at radius 3 is 3.06 bits per heavy atom. The van der Waals surface area contributed by atoms with Gasteiger partial charge in [-0.1, -0.05) is 24.3 Å². The van der Waals surface area contributed by atoms with Crippen LogP contribution in [0.1, 0.15) is 17.0 Å². The highest BCUT2D eigenvalue weighted by molar-refractivity contribution is 5.78. The summed E-state index contributed by atoms with van der Waals surface area (Å²) in [7, 11) is 1.65. The summed E-state index contributed by atoms with van der Waals surface area (Å²) in [6, 6.07) is 8.42. The van der Waals surface area contributed by atoms with Crippen molar-refractivity contribution in [3.8, 4) is 0 Å². The number of hydrogen-bond donors (Lipinski definition) is 2. The van der Waals surface area contributed by atoms with Crippen molar-refractivity contribution in [2.24, 2.45) is 0 Å². The fraction of sp³-hybridized carbons (Fsp3) is 0.500. The van der Waals surface area contributed by atoms with Crippen molar-refractivity contribution >= 4 is 5.91 Å². The van der Waals surface area contributed by atoms with Gasteiger partial charge in [-0.15, -0.1) is 0 Å². The van der Waals surface area contributed by atoms with Crippen LogP contribution in [-0.2, 0) is 16.0 Å². The van der Waals surface area contributed by atoms with Gasteiger partial charge < -0.3 is 15.4 Å². The third kappa shape index (κ3) is 3.31. The van der Waals surface area contributed by atoms with Gasteiger partial charge in [0.15, 0.2) is 0 Å². The van der Waals surface area contributed by atoms with Gasteiger partial charge >= 0.3 is 0 Å². The molecule has 0 radical (unpaired) electrons. The molecule has 98 valence electrons. The Balaban J connectivity index is 1.63. The van der Waals surface area contributed by atoms with Gasteiger partial charge in [0.05, 0.1) is 13.2 Å². The van der Waals surface area contributed by atoms with Gasteiger partial charge in [0.2, 0.25) is 5.91 Å². The highest BCUT2D eigenvalue weighted by atomic mass is 16.5. The molecule has 0 aromatic heterocycles. The monoisotopic (exact) mass is 248 g/mol. The standard InChI is InChI=1S/C14H20N2O2/c1-18-7-6-15-10-14(17)16-9-12-8-11-4-2-3-5-13(11)12/h2-5,12,15H,6-10H2,1H3,(H,16,17). The summed E-state index contributed by atoms with van der Waals surface area (Å²) >= 11 is 0. The Morgan fingerprint density at radius 1 is 1.44 bits per heavy atom. The van der Waals surface area contributed by atoms with E-state index in [1.807, 2.05) is 0 Å². The van der Waals surface area contributed by atoms with E-state index in [2.05, 4.69) is 34.9 Å². The molecule has 4 heteroatoms. The second-order valence-corrected chi connectivity index (χ2v) is 4.57. The number of carbonyl (C=O) groups is 1. The zero-order valence-electron chi connectivity index (χ0n) is 10.7. The molecule has 1 atom stereocenters. The number of rotatable bonds is 7. The van der Waals surface area contributed by atoms with Crippen LogP contribution in [0.25, 0.3) is 0 Å². The lowest BCUT2D eigenvalue weighted by molar-refractivity contribution is -0.120. The zero-order valence-corrected chi connectivity index (χ0v) is 10.7. The minimum Gasteiger partial charge on any atom is -0.383 e. The van der Waals surface area contributed by atoms with Gasteiger partial charge in [-0.2, -0.15) is 0 Å². The lowest BCUT2D eigenvalue weighted by Crippen LogP contribution is -2.39. The van der Waals surface area contributed by atoms with Gasteiger partial charge in [-0.3, -0.25) is 4.79 Å². The van der Waals surface area contributed by atoms with Gasteiger partial charge in [0, 0.05) is 26.1 Å². The minimum absolute atomic E-state index is 0.0514. The van der Waals surface area contributed by atoms with E-state index in [1.54, 1.807) is 7.11 Å². The summed E-state index contributed by atoms with van der Waals surface area (Å²) in [4.78, 5) is 11.5. The first kappa shape index (κ1) is 13.1. The molecule has 0 fully saturated rings. The summed E-state index contributed by atoms with van der Waals surface area (Å²) in [5.74, 6) is 0.541. The number of hydrogen-bond acceptors (Lipinski definition) is 3. The number of methoxy groups -OCH3 is 1. The second-order valence-electron chi connectivity index (χ2n) is 4.57. The second kappa shape index (κ2) is 6.52. The maximum atomic E-state index is 11.5. The molecule has 0 saturated heterocycles. The predicted molar refractivity (Wildman–Crippen MR) is 70.6 cm³/mol. The molecule has 1 aromatic carbocycles. The number of benzene rings is 1. The summed E-state index contributed by atoms with van der Waals surface area (Å²) in [6.45, 7) is 2.43. The number of carbonyl (C=O) groups excluding carboxylic acids is 1. The van der Waals surface area contributed by atoms with Gasteiger partial charge in [0.1, 0.15) is 0 Å². The molecule has 0 aliphatic heterocycles. The fourth-order valence-corrected chi connectivity index (χ4v) is 2.22. The first-order valence-electron chi connectivity index (χ1n) is 6.35. The molecule has 18 heavy (non-hydrogen) atoms.